The van der Waals surface area contributed by atoms with Crippen LogP contribution in [0.2, 0.25) is 0 Å². The molecule has 0 radical (unpaired) electrons. The fourth-order valence-corrected chi connectivity index (χ4v) is 3.71. The van der Waals surface area contributed by atoms with E-state index in [1.54, 1.807) is 36.4 Å². The van der Waals surface area contributed by atoms with E-state index in [0.717, 1.165) is 0 Å². The van der Waals surface area contributed by atoms with Gasteiger partial charge in [0.15, 0.2) is 21.3 Å². The largest absolute Gasteiger partial charge is 0.493 e. The van der Waals surface area contributed by atoms with Gasteiger partial charge in [-0.2, -0.15) is 0 Å². The van der Waals surface area contributed by atoms with E-state index in [9.17, 15) is 18.3 Å². The molecule has 1 amide bonds. The van der Waals surface area contributed by atoms with E-state index in [2.05, 4.69) is 5.32 Å². The normalized spacial score (nSPS) is 12.3. The van der Waals surface area contributed by atoms with Crippen molar-refractivity contribution in [3.8, 4) is 11.5 Å². The molecule has 1 unspecified atom stereocenters. The molecule has 0 saturated carbocycles. The topological polar surface area (TPSA) is 102 Å². The number of hydrogen-bond donors (Lipinski definition) is 2. The Morgan fingerprint density at radius 2 is 1.74 bits per heavy atom. The fourth-order valence-electron chi connectivity index (χ4n) is 2.45. The highest BCUT2D eigenvalue weighted by molar-refractivity contribution is 7.91. The van der Waals surface area contributed by atoms with Crippen molar-refractivity contribution < 1.29 is 27.8 Å². The quantitative estimate of drug-likeness (QED) is 0.673. The van der Waals surface area contributed by atoms with E-state index in [0.29, 0.717) is 17.1 Å². The number of amides is 1. The van der Waals surface area contributed by atoms with Gasteiger partial charge in [-0.1, -0.05) is 24.3 Å². The molecule has 8 heteroatoms. The van der Waals surface area contributed by atoms with Crippen LogP contribution in [-0.2, 0) is 14.6 Å². The molecular weight excluding hydrogens is 370 g/mol. The van der Waals surface area contributed by atoms with Gasteiger partial charge in [0.1, 0.15) is 0 Å². The molecule has 0 fully saturated rings. The third kappa shape index (κ3) is 5.70. The summed E-state index contributed by atoms with van der Waals surface area (Å²) in [5, 5.41) is 12.8. The van der Waals surface area contributed by atoms with Gasteiger partial charge in [0.25, 0.3) is 0 Å². The van der Waals surface area contributed by atoms with E-state index in [-0.39, 0.29) is 23.6 Å². The van der Waals surface area contributed by atoms with Crippen LogP contribution >= 0.6 is 0 Å². The van der Waals surface area contributed by atoms with Gasteiger partial charge >= 0.3 is 0 Å². The molecule has 0 aliphatic heterocycles. The zero-order chi connectivity index (χ0) is 19.9. The van der Waals surface area contributed by atoms with Crippen molar-refractivity contribution in [3.63, 3.8) is 0 Å². The number of rotatable bonds is 9. The number of aliphatic hydroxyl groups is 1. The third-order valence-electron chi connectivity index (χ3n) is 3.99. The highest BCUT2D eigenvalue weighted by Gasteiger charge is 2.17. The number of benzene rings is 2. The molecule has 2 N–H and O–H groups in total. The lowest BCUT2D eigenvalue weighted by atomic mass is 10.1. The van der Waals surface area contributed by atoms with Gasteiger partial charge in [0, 0.05) is 13.0 Å². The van der Waals surface area contributed by atoms with Crippen molar-refractivity contribution in [3.05, 3.63) is 54.1 Å². The van der Waals surface area contributed by atoms with Crippen molar-refractivity contribution in [1.82, 2.24) is 5.32 Å². The van der Waals surface area contributed by atoms with Crippen LogP contribution in [0.1, 0.15) is 18.1 Å². The summed E-state index contributed by atoms with van der Waals surface area (Å²) >= 11 is 0. The molecule has 0 spiro atoms. The van der Waals surface area contributed by atoms with Crippen molar-refractivity contribution in [2.24, 2.45) is 0 Å². The molecular formula is C19H23NO6S. The lowest BCUT2D eigenvalue weighted by Crippen LogP contribution is -2.29. The molecule has 1 atom stereocenters. The summed E-state index contributed by atoms with van der Waals surface area (Å²) in [6.45, 7) is -0.0420. The summed E-state index contributed by atoms with van der Waals surface area (Å²) in [7, 11) is -0.516. The van der Waals surface area contributed by atoms with E-state index in [1.165, 1.54) is 26.4 Å². The molecule has 0 saturated heterocycles. The maximum Gasteiger partial charge on any atom is 0.221 e. The summed E-state index contributed by atoms with van der Waals surface area (Å²) in [6.07, 6.45) is -1.14. The summed E-state index contributed by atoms with van der Waals surface area (Å²) < 4.78 is 34.7. The van der Waals surface area contributed by atoms with Gasteiger partial charge in [0.05, 0.1) is 31.0 Å². The Morgan fingerprint density at radius 1 is 1.07 bits per heavy atom. The zero-order valence-corrected chi connectivity index (χ0v) is 16.0. The van der Waals surface area contributed by atoms with Gasteiger partial charge in [-0.25, -0.2) is 8.42 Å². The average Bonchev–Trinajstić information content (AvgIpc) is 2.70. The van der Waals surface area contributed by atoms with Gasteiger partial charge in [0.2, 0.25) is 5.91 Å². The Bertz CT molecular complexity index is 867. The van der Waals surface area contributed by atoms with Crippen molar-refractivity contribution in [1.29, 1.82) is 0 Å². The Hall–Kier alpha value is -2.58. The van der Waals surface area contributed by atoms with Crippen LogP contribution in [0.5, 0.6) is 11.5 Å². The molecule has 27 heavy (non-hydrogen) atoms. The number of aliphatic hydroxyl groups excluding tert-OH is 1. The van der Waals surface area contributed by atoms with Crippen LogP contribution in [0.4, 0.5) is 0 Å². The first kappa shape index (κ1) is 20.7. The molecule has 0 aliphatic carbocycles. The minimum atomic E-state index is -3.52. The second kappa shape index (κ2) is 9.38. The molecule has 0 aliphatic rings. The molecule has 2 aromatic carbocycles. The monoisotopic (exact) mass is 393 g/mol. The predicted molar refractivity (Wildman–Crippen MR) is 101 cm³/mol. The molecule has 7 nitrogen and oxygen atoms in total. The summed E-state index contributed by atoms with van der Waals surface area (Å²) in [5.41, 5.74) is 0.546. The molecule has 0 bridgehead atoms. The van der Waals surface area contributed by atoms with Gasteiger partial charge in [-0.05, 0) is 29.8 Å². The maximum atomic E-state index is 12.2. The fraction of sp³-hybridized carbons (Fsp3) is 0.316. The van der Waals surface area contributed by atoms with Crippen molar-refractivity contribution in [2.75, 3.05) is 26.5 Å². The lowest BCUT2D eigenvalue weighted by Gasteiger charge is -2.15. The SMILES string of the molecule is COc1ccc(C(O)CNC(=O)CCS(=O)(=O)c2ccccc2)cc1OC. The highest BCUT2D eigenvalue weighted by atomic mass is 32.2. The van der Waals surface area contributed by atoms with Crippen LogP contribution < -0.4 is 14.8 Å². The maximum absolute atomic E-state index is 12.2. The average molecular weight is 393 g/mol. The molecule has 0 heterocycles. The van der Waals surface area contributed by atoms with E-state index >= 15 is 0 Å². The Morgan fingerprint density at radius 3 is 2.37 bits per heavy atom. The van der Waals surface area contributed by atoms with Crippen LogP contribution in [0.15, 0.2) is 53.4 Å². The summed E-state index contributed by atoms with van der Waals surface area (Å²) in [4.78, 5) is 12.1. The van der Waals surface area contributed by atoms with Crippen LogP contribution in [0.3, 0.4) is 0 Å². The molecule has 146 valence electrons. The lowest BCUT2D eigenvalue weighted by molar-refractivity contribution is -0.121. The molecule has 2 rings (SSSR count). The number of nitrogens with one attached hydrogen (secondary N) is 1. The summed E-state index contributed by atoms with van der Waals surface area (Å²) in [5.74, 6) is 0.252. The van der Waals surface area contributed by atoms with E-state index in [1.807, 2.05) is 0 Å². The van der Waals surface area contributed by atoms with Crippen LogP contribution in [-0.4, -0.2) is 45.9 Å². The minimum absolute atomic E-state index is 0.0420. The van der Waals surface area contributed by atoms with Gasteiger partial charge < -0.3 is 19.9 Å². The standard InChI is InChI=1S/C19H23NO6S/c1-25-17-9-8-14(12-18(17)26-2)16(21)13-20-19(22)10-11-27(23,24)15-6-4-3-5-7-15/h3-9,12,16,21H,10-11,13H2,1-2H3,(H,20,22). The van der Waals surface area contributed by atoms with Crippen molar-refractivity contribution in [2.45, 2.75) is 17.4 Å². The highest BCUT2D eigenvalue weighted by Crippen LogP contribution is 2.29. The first-order valence-corrected chi connectivity index (χ1v) is 9.97. The Labute approximate surface area is 158 Å². The predicted octanol–water partition coefficient (Wildman–Crippen LogP) is 1.72. The van der Waals surface area contributed by atoms with Crippen LogP contribution in [0, 0.1) is 0 Å². The number of sulfone groups is 1. The number of ether oxygens (including phenoxy) is 2. The minimum Gasteiger partial charge on any atom is -0.493 e. The Balaban J connectivity index is 1.88. The van der Waals surface area contributed by atoms with Crippen molar-refractivity contribution >= 4 is 15.7 Å². The first-order valence-electron chi connectivity index (χ1n) is 8.32. The Kier molecular flexibility index (Phi) is 7.20. The number of carbonyl (C=O) groups is 1. The van der Waals surface area contributed by atoms with E-state index in [4.69, 9.17) is 9.47 Å². The summed E-state index contributed by atoms with van der Waals surface area (Å²) in [6, 6.07) is 12.9. The number of hydrogen-bond acceptors (Lipinski definition) is 6. The smallest absolute Gasteiger partial charge is 0.221 e. The first-order chi connectivity index (χ1) is 12.9. The number of carbonyl (C=O) groups excluding carboxylic acids is 1. The molecule has 2 aromatic rings. The van der Waals surface area contributed by atoms with Gasteiger partial charge in [-0.3, -0.25) is 4.79 Å². The van der Waals surface area contributed by atoms with Crippen LogP contribution in [0.25, 0.3) is 0 Å². The van der Waals surface area contributed by atoms with E-state index < -0.39 is 21.8 Å². The van der Waals surface area contributed by atoms with Gasteiger partial charge in [-0.15, -0.1) is 0 Å². The second-order valence-corrected chi connectivity index (χ2v) is 7.93. The zero-order valence-electron chi connectivity index (χ0n) is 15.2. The molecule has 0 aromatic heterocycles. The second-order valence-electron chi connectivity index (χ2n) is 5.82. The third-order valence-corrected chi connectivity index (χ3v) is 5.72. The number of methoxy groups -OCH3 is 2.